The zero-order valence-corrected chi connectivity index (χ0v) is 21.1. The van der Waals surface area contributed by atoms with Gasteiger partial charge in [0.15, 0.2) is 0 Å². The molecule has 0 amide bonds. The number of hydrogen-bond acceptors (Lipinski definition) is 4. The Morgan fingerprint density at radius 1 is 1.00 bits per heavy atom. The molecule has 0 aromatic carbocycles. The molecule has 4 nitrogen and oxygen atoms in total. The second-order valence-corrected chi connectivity index (χ2v) is 9.92. The standard InChI is InChI=1S/C12H22NO.2C4H10O.CH4.Y/c1-9-7-10(13-8-9)11(14)5-6-12(2,3)4;2*1-4(2,3)5;;/h7,9-10,13H,5-6,8H2,1-4H3;2*5H,1-3H3;1H4;/q-1;;;;. The van der Waals surface area contributed by atoms with Gasteiger partial charge in [0.1, 0.15) is 5.78 Å². The van der Waals surface area contributed by atoms with Gasteiger partial charge >= 0.3 is 0 Å². The second-order valence-electron chi connectivity index (χ2n) is 9.92. The third-order valence-electron chi connectivity index (χ3n) is 2.65. The van der Waals surface area contributed by atoms with E-state index in [2.05, 4.69) is 39.4 Å². The number of carbonyl (C=O) groups is 1. The molecule has 1 rings (SSSR count). The van der Waals surface area contributed by atoms with Crippen molar-refractivity contribution in [1.29, 1.82) is 0 Å². The van der Waals surface area contributed by atoms with E-state index in [-0.39, 0.29) is 51.6 Å². The minimum atomic E-state index is -0.500. The number of hydrogen-bond donors (Lipinski definition) is 3. The summed E-state index contributed by atoms with van der Waals surface area (Å²) in [4.78, 5) is 11.7. The Morgan fingerprint density at radius 2 is 1.35 bits per heavy atom. The Bertz CT molecular complexity index is 328. The first-order valence-electron chi connectivity index (χ1n) is 8.94. The van der Waals surface area contributed by atoms with Gasteiger partial charge in [-0.25, -0.2) is 0 Å². The van der Waals surface area contributed by atoms with Crippen molar-refractivity contribution in [2.75, 3.05) is 6.54 Å². The fraction of sp³-hybridized carbons (Fsp3) is 0.905. The summed E-state index contributed by atoms with van der Waals surface area (Å²) in [6, 6.07) is 0.0207. The first kappa shape index (κ1) is 34.2. The molecule has 2 atom stereocenters. The molecule has 1 saturated heterocycles. The van der Waals surface area contributed by atoms with E-state index in [4.69, 9.17) is 10.2 Å². The molecule has 1 heterocycles. The van der Waals surface area contributed by atoms with Gasteiger partial charge in [-0.15, -0.1) is 0 Å². The van der Waals surface area contributed by atoms with Crippen molar-refractivity contribution < 1.29 is 47.7 Å². The summed E-state index contributed by atoms with van der Waals surface area (Å²) >= 11 is 0. The predicted octanol–water partition coefficient (Wildman–Crippen LogP) is 4.38. The molecule has 1 aliphatic heterocycles. The Balaban J connectivity index is -0.000000170. The first-order valence-corrected chi connectivity index (χ1v) is 8.94. The Labute approximate surface area is 189 Å². The Hall–Kier alpha value is 0.654. The molecule has 1 fully saturated rings. The van der Waals surface area contributed by atoms with E-state index in [0.29, 0.717) is 18.1 Å². The molecule has 157 valence electrons. The van der Waals surface area contributed by atoms with E-state index in [0.717, 1.165) is 13.0 Å². The largest absolute Gasteiger partial charge is 0.391 e. The van der Waals surface area contributed by atoms with Gasteiger partial charge < -0.3 is 26.7 Å². The number of Topliss-reactive ketones (excluding diaryl/α,β-unsaturated/α-hetero) is 1. The number of nitrogens with one attached hydrogen (secondary N) is 1. The van der Waals surface area contributed by atoms with Gasteiger partial charge in [-0.1, -0.05) is 41.2 Å². The molecular weight excluding hydrogens is 403 g/mol. The van der Waals surface area contributed by atoms with E-state index in [1.807, 2.05) is 0 Å². The summed E-state index contributed by atoms with van der Waals surface area (Å²) in [7, 11) is 0. The minimum absolute atomic E-state index is 0. The number of carbonyl (C=O) groups excluding carboxylic acids is 1. The van der Waals surface area contributed by atoms with Crippen LogP contribution in [0.4, 0.5) is 0 Å². The molecule has 3 N–H and O–H groups in total. The molecule has 0 aromatic rings. The zero-order chi connectivity index (χ0) is 19.8. The molecule has 2 unspecified atom stereocenters. The molecule has 0 saturated carbocycles. The summed E-state index contributed by atoms with van der Waals surface area (Å²) in [6.45, 7) is 20.1. The van der Waals surface area contributed by atoms with Crippen molar-refractivity contribution in [2.24, 2.45) is 11.3 Å². The van der Waals surface area contributed by atoms with Crippen LogP contribution in [0.2, 0.25) is 0 Å². The predicted molar refractivity (Wildman–Crippen MR) is 110 cm³/mol. The summed E-state index contributed by atoms with van der Waals surface area (Å²) in [5.41, 5.74) is -0.736. The van der Waals surface area contributed by atoms with Gasteiger partial charge in [0.2, 0.25) is 0 Å². The molecule has 0 aliphatic carbocycles. The van der Waals surface area contributed by atoms with Crippen LogP contribution in [0.1, 0.15) is 89.5 Å². The molecule has 1 aliphatic rings. The van der Waals surface area contributed by atoms with Crippen LogP contribution >= 0.6 is 0 Å². The van der Waals surface area contributed by atoms with Crippen molar-refractivity contribution in [3.8, 4) is 0 Å². The average molecular weight is 450 g/mol. The van der Waals surface area contributed by atoms with Crippen LogP contribution in [0, 0.1) is 17.8 Å². The quantitative estimate of drug-likeness (QED) is 0.560. The van der Waals surface area contributed by atoms with Gasteiger partial charge in [0.25, 0.3) is 0 Å². The molecule has 0 bridgehead atoms. The fourth-order valence-corrected chi connectivity index (χ4v) is 1.65. The first-order chi connectivity index (χ1) is 10.4. The Morgan fingerprint density at radius 3 is 1.58 bits per heavy atom. The van der Waals surface area contributed by atoms with Gasteiger partial charge in [0.05, 0.1) is 11.2 Å². The van der Waals surface area contributed by atoms with Gasteiger partial charge in [-0.05, 0) is 59.9 Å². The molecular formula is C21H46NO3Y-. The van der Waals surface area contributed by atoms with E-state index in [1.165, 1.54) is 0 Å². The van der Waals surface area contributed by atoms with Crippen molar-refractivity contribution in [3.63, 3.8) is 0 Å². The van der Waals surface area contributed by atoms with Crippen LogP contribution in [0.3, 0.4) is 0 Å². The second kappa shape index (κ2) is 14.6. The minimum Gasteiger partial charge on any atom is -0.391 e. The number of rotatable bonds is 3. The van der Waals surface area contributed by atoms with Crippen LogP contribution in [0.5, 0.6) is 0 Å². The zero-order valence-electron chi connectivity index (χ0n) is 18.2. The monoisotopic (exact) mass is 449 g/mol. The molecule has 5 heteroatoms. The SMILES string of the molecule is C.CC(C)(C)O.CC(C)(C)O.CC1[CH-]C(C(=O)CCC(C)(C)C)NC1.[Y]. The molecule has 0 aromatic heterocycles. The van der Waals surface area contributed by atoms with E-state index in [1.54, 1.807) is 41.5 Å². The van der Waals surface area contributed by atoms with Crippen molar-refractivity contribution in [1.82, 2.24) is 5.32 Å². The summed E-state index contributed by atoms with van der Waals surface area (Å²) < 4.78 is 0. The number of ketones is 1. The van der Waals surface area contributed by atoms with Crippen LogP contribution in [0.15, 0.2) is 0 Å². The van der Waals surface area contributed by atoms with Crippen molar-refractivity contribution in [3.05, 3.63) is 6.42 Å². The van der Waals surface area contributed by atoms with Crippen molar-refractivity contribution >= 4 is 5.78 Å². The normalized spacial score (nSPS) is 19.7. The molecule has 1 radical (unpaired) electrons. The van der Waals surface area contributed by atoms with E-state index in [9.17, 15) is 4.79 Å². The maximum absolute atomic E-state index is 11.7. The third-order valence-corrected chi connectivity index (χ3v) is 2.65. The average Bonchev–Trinajstić information content (AvgIpc) is 2.67. The van der Waals surface area contributed by atoms with E-state index < -0.39 is 11.2 Å². The third kappa shape index (κ3) is 35.7. The van der Waals surface area contributed by atoms with Crippen LogP contribution < -0.4 is 5.32 Å². The van der Waals surface area contributed by atoms with E-state index >= 15 is 0 Å². The Kier molecular flexibility index (Phi) is 19.2. The maximum atomic E-state index is 11.7. The summed E-state index contributed by atoms with van der Waals surface area (Å²) in [5, 5.41) is 20.3. The van der Waals surface area contributed by atoms with Crippen molar-refractivity contribution in [2.45, 2.75) is 107 Å². The molecule has 0 spiro atoms. The smallest absolute Gasteiger partial charge is 0.119 e. The van der Waals surface area contributed by atoms with Gasteiger partial charge in [-0.2, -0.15) is 5.92 Å². The van der Waals surface area contributed by atoms with Crippen LogP contribution in [-0.4, -0.2) is 39.8 Å². The van der Waals surface area contributed by atoms with Crippen LogP contribution in [0.25, 0.3) is 0 Å². The maximum Gasteiger partial charge on any atom is 0.119 e. The van der Waals surface area contributed by atoms with Crippen LogP contribution in [-0.2, 0) is 37.5 Å². The van der Waals surface area contributed by atoms with Gasteiger partial charge in [0, 0.05) is 39.1 Å². The fourth-order valence-electron chi connectivity index (χ4n) is 1.65. The topological polar surface area (TPSA) is 69.6 Å². The number of aliphatic hydroxyl groups is 2. The van der Waals surface area contributed by atoms with Gasteiger partial charge in [-0.3, -0.25) is 0 Å². The summed E-state index contributed by atoms with van der Waals surface area (Å²) in [5.74, 6) is 0.892. The summed E-state index contributed by atoms with van der Waals surface area (Å²) in [6.07, 6.45) is 3.81. The molecule has 26 heavy (non-hydrogen) atoms.